The highest BCUT2D eigenvalue weighted by atomic mass is 16.5. The first-order valence-electron chi connectivity index (χ1n) is 9.88. The average Bonchev–Trinajstić information content (AvgIpc) is 3.17. The number of carbonyl (C=O) groups excluding carboxylic acids is 1. The average molecular weight is 394 g/mol. The van der Waals surface area contributed by atoms with E-state index in [0.29, 0.717) is 13.0 Å². The van der Waals surface area contributed by atoms with E-state index in [9.17, 15) is 4.79 Å². The number of aryl methyl sites for hydroxylation is 1. The van der Waals surface area contributed by atoms with Gasteiger partial charge in [0.1, 0.15) is 5.82 Å². The first-order valence-corrected chi connectivity index (χ1v) is 9.88. The van der Waals surface area contributed by atoms with Gasteiger partial charge in [0.25, 0.3) is 0 Å². The minimum Gasteiger partial charge on any atom is -0.379 e. The molecule has 2 aromatic heterocycles. The lowest BCUT2D eigenvalue weighted by atomic mass is 9.83. The van der Waals surface area contributed by atoms with Crippen molar-refractivity contribution in [2.45, 2.75) is 38.0 Å². The van der Waals surface area contributed by atoms with Crippen LogP contribution in [0.15, 0.2) is 42.9 Å². The number of nitrogens with one attached hydrogen (secondary N) is 2. The number of benzene rings is 1. The van der Waals surface area contributed by atoms with Crippen LogP contribution in [0, 0.1) is 5.92 Å². The van der Waals surface area contributed by atoms with Crippen molar-refractivity contribution in [1.82, 2.24) is 25.1 Å². The van der Waals surface area contributed by atoms with Crippen LogP contribution in [0.25, 0.3) is 11.0 Å². The molecule has 1 aromatic carbocycles. The van der Waals surface area contributed by atoms with E-state index in [-0.39, 0.29) is 24.0 Å². The fraction of sp³-hybridized carbons (Fsp3) is 0.429. The molecule has 29 heavy (non-hydrogen) atoms. The predicted molar refractivity (Wildman–Crippen MR) is 110 cm³/mol. The third-order valence-corrected chi connectivity index (χ3v) is 5.47. The first-order chi connectivity index (χ1) is 14.1. The van der Waals surface area contributed by atoms with Crippen LogP contribution in [0.5, 0.6) is 0 Å². The van der Waals surface area contributed by atoms with Crippen molar-refractivity contribution in [3.05, 3.63) is 48.4 Å². The Balaban J connectivity index is 1.35. The molecule has 0 spiro atoms. The maximum atomic E-state index is 12.6. The van der Waals surface area contributed by atoms with E-state index >= 15 is 0 Å². The highest BCUT2D eigenvalue weighted by molar-refractivity contribution is 5.79. The lowest BCUT2D eigenvalue weighted by molar-refractivity contribution is -0.127. The van der Waals surface area contributed by atoms with Crippen molar-refractivity contribution >= 4 is 22.8 Å². The maximum absolute atomic E-state index is 12.6. The van der Waals surface area contributed by atoms with E-state index in [1.807, 2.05) is 37.5 Å². The zero-order valence-electron chi connectivity index (χ0n) is 16.7. The number of hydrogen-bond acceptors (Lipinski definition) is 6. The lowest BCUT2D eigenvalue weighted by Crippen LogP contribution is -2.44. The normalized spacial score (nSPS) is 21.8. The standard InChI is InChI=1S/C21H26N6O2/c1-27-13-14(11-24-27)10-23-21(28)15-7-8-18(19(9-15)29-2)26-20-12-22-16-5-3-4-6-17(16)25-20/h3-6,11-13,15,18-19H,7-10H2,1-2H3,(H,23,28)(H,25,26)/t15-,18-,19-/m0/s1. The summed E-state index contributed by atoms with van der Waals surface area (Å²) in [5.41, 5.74) is 2.72. The summed E-state index contributed by atoms with van der Waals surface area (Å²) in [5, 5.41) is 10.6. The van der Waals surface area contributed by atoms with E-state index in [1.165, 1.54) is 0 Å². The summed E-state index contributed by atoms with van der Waals surface area (Å²) in [6.07, 6.45) is 7.67. The number of nitrogens with zero attached hydrogens (tertiary/aromatic N) is 4. The monoisotopic (exact) mass is 394 g/mol. The van der Waals surface area contributed by atoms with Gasteiger partial charge < -0.3 is 15.4 Å². The number of para-hydroxylation sites is 2. The Bertz CT molecular complexity index is 988. The largest absolute Gasteiger partial charge is 0.379 e. The van der Waals surface area contributed by atoms with Gasteiger partial charge in [0.05, 0.1) is 35.6 Å². The molecule has 1 amide bonds. The number of hydrogen-bond donors (Lipinski definition) is 2. The van der Waals surface area contributed by atoms with Crippen LogP contribution in [0.1, 0.15) is 24.8 Å². The zero-order chi connectivity index (χ0) is 20.2. The Labute approximate surface area is 169 Å². The van der Waals surface area contributed by atoms with E-state index in [1.54, 1.807) is 24.2 Å². The number of anilines is 1. The topological polar surface area (TPSA) is 94.0 Å². The van der Waals surface area contributed by atoms with Gasteiger partial charge in [-0.3, -0.25) is 14.5 Å². The predicted octanol–water partition coefficient (Wildman–Crippen LogP) is 2.28. The summed E-state index contributed by atoms with van der Waals surface area (Å²) in [4.78, 5) is 21.7. The number of fused-ring (bicyclic) bond motifs is 1. The number of amides is 1. The van der Waals surface area contributed by atoms with Gasteiger partial charge in [-0.15, -0.1) is 0 Å². The zero-order valence-corrected chi connectivity index (χ0v) is 16.7. The van der Waals surface area contributed by atoms with Gasteiger partial charge in [-0.05, 0) is 31.4 Å². The van der Waals surface area contributed by atoms with Crippen molar-refractivity contribution in [2.24, 2.45) is 13.0 Å². The molecule has 2 N–H and O–H groups in total. The molecule has 3 atom stereocenters. The molecular weight excluding hydrogens is 368 g/mol. The summed E-state index contributed by atoms with van der Waals surface area (Å²) in [6, 6.07) is 7.89. The van der Waals surface area contributed by atoms with Gasteiger partial charge in [0.2, 0.25) is 5.91 Å². The second-order valence-corrected chi connectivity index (χ2v) is 7.52. The molecule has 0 unspecified atom stereocenters. The van der Waals surface area contributed by atoms with Crippen molar-refractivity contribution in [1.29, 1.82) is 0 Å². The highest BCUT2D eigenvalue weighted by Gasteiger charge is 2.34. The number of rotatable bonds is 6. The Morgan fingerprint density at radius 2 is 2.07 bits per heavy atom. The SMILES string of the molecule is CO[C@H]1C[C@@H](C(=O)NCc2cnn(C)c2)CC[C@@H]1Nc1cnc2ccccc2n1. The minimum atomic E-state index is -0.0637. The van der Waals surface area contributed by atoms with Gasteiger partial charge in [-0.1, -0.05) is 12.1 Å². The molecule has 0 bridgehead atoms. The third-order valence-electron chi connectivity index (χ3n) is 5.47. The number of methoxy groups -OCH3 is 1. The van der Waals surface area contributed by atoms with Gasteiger partial charge in [-0.2, -0.15) is 5.10 Å². The van der Waals surface area contributed by atoms with Crippen LogP contribution in [0.4, 0.5) is 5.82 Å². The molecule has 1 fully saturated rings. The molecule has 4 rings (SSSR count). The molecule has 152 valence electrons. The molecule has 3 aromatic rings. The van der Waals surface area contributed by atoms with Crippen LogP contribution in [-0.2, 0) is 23.1 Å². The number of carbonyl (C=O) groups is 1. The molecule has 0 saturated heterocycles. The fourth-order valence-electron chi connectivity index (χ4n) is 3.91. The quantitative estimate of drug-likeness (QED) is 0.666. The first kappa shape index (κ1) is 19.3. The maximum Gasteiger partial charge on any atom is 0.223 e. The van der Waals surface area contributed by atoms with E-state index in [0.717, 1.165) is 35.3 Å². The van der Waals surface area contributed by atoms with Gasteiger partial charge in [0.15, 0.2) is 0 Å². The van der Waals surface area contributed by atoms with Crippen molar-refractivity contribution in [3.63, 3.8) is 0 Å². The summed E-state index contributed by atoms with van der Waals surface area (Å²) in [7, 11) is 3.56. The molecule has 0 aliphatic heterocycles. The Kier molecular flexibility index (Phi) is 5.71. The Morgan fingerprint density at radius 3 is 2.83 bits per heavy atom. The summed E-state index contributed by atoms with van der Waals surface area (Å²) in [6.45, 7) is 0.495. The molecule has 2 heterocycles. The smallest absolute Gasteiger partial charge is 0.223 e. The Morgan fingerprint density at radius 1 is 1.24 bits per heavy atom. The number of aromatic nitrogens is 4. The van der Waals surface area contributed by atoms with Gasteiger partial charge in [-0.25, -0.2) is 4.98 Å². The number of ether oxygens (including phenoxy) is 1. The van der Waals surface area contributed by atoms with Crippen molar-refractivity contribution < 1.29 is 9.53 Å². The van der Waals surface area contributed by atoms with Crippen molar-refractivity contribution in [3.8, 4) is 0 Å². The van der Waals surface area contributed by atoms with Gasteiger partial charge >= 0.3 is 0 Å². The third kappa shape index (κ3) is 4.54. The summed E-state index contributed by atoms with van der Waals surface area (Å²) >= 11 is 0. The van der Waals surface area contributed by atoms with Crippen molar-refractivity contribution in [2.75, 3.05) is 12.4 Å². The second kappa shape index (κ2) is 8.57. The van der Waals surface area contributed by atoms with Crippen LogP contribution in [0.2, 0.25) is 0 Å². The molecule has 1 aliphatic carbocycles. The molecule has 0 radical (unpaired) electrons. The van der Waals surface area contributed by atoms with E-state index in [4.69, 9.17) is 4.74 Å². The Hall–Kier alpha value is -3.00. The van der Waals surface area contributed by atoms with Crippen LogP contribution in [0.3, 0.4) is 0 Å². The van der Waals surface area contributed by atoms with Gasteiger partial charge in [0, 0.05) is 38.4 Å². The molecule has 8 heteroatoms. The molecular formula is C21H26N6O2. The van der Waals surface area contributed by atoms with Crippen LogP contribution in [-0.4, -0.2) is 44.9 Å². The second-order valence-electron chi connectivity index (χ2n) is 7.52. The highest BCUT2D eigenvalue weighted by Crippen LogP contribution is 2.29. The van der Waals surface area contributed by atoms with E-state index < -0.39 is 0 Å². The fourth-order valence-corrected chi connectivity index (χ4v) is 3.91. The summed E-state index contributed by atoms with van der Waals surface area (Å²) < 4.78 is 7.44. The lowest BCUT2D eigenvalue weighted by Gasteiger charge is -2.35. The molecule has 1 saturated carbocycles. The summed E-state index contributed by atoms with van der Waals surface area (Å²) in [5.74, 6) is 0.743. The van der Waals surface area contributed by atoms with E-state index in [2.05, 4.69) is 25.7 Å². The minimum absolute atomic E-state index is 0.0580. The molecule has 8 nitrogen and oxygen atoms in total. The molecule has 1 aliphatic rings. The van der Waals surface area contributed by atoms with Crippen LogP contribution >= 0.6 is 0 Å². The van der Waals surface area contributed by atoms with Crippen LogP contribution < -0.4 is 10.6 Å².